The highest BCUT2D eigenvalue weighted by atomic mass is 32.1. The molecule has 0 bridgehead atoms. The van der Waals surface area contributed by atoms with Crippen molar-refractivity contribution in [3.63, 3.8) is 0 Å². The number of nitrogens with two attached hydrogens (primary N) is 1. The number of ether oxygens (including phenoxy) is 2. The molecule has 12 heteroatoms. The van der Waals surface area contributed by atoms with Crippen molar-refractivity contribution >= 4 is 33.7 Å². The number of carbonyl (C=O) groups excluding carboxylic acids is 2. The summed E-state index contributed by atoms with van der Waals surface area (Å²) in [7, 11) is 0. The van der Waals surface area contributed by atoms with Crippen LogP contribution in [0.15, 0.2) is 9.59 Å². The average molecular weight is 494 g/mol. The number of aromatic nitrogens is 2. The number of fused-ring (bicyclic) bond motifs is 1. The Labute approximate surface area is 200 Å². The summed E-state index contributed by atoms with van der Waals surface area (Å²) in [6, 6.07) is -0.964. The molecule has 0 aromatic carbocycles. The van der Waals surface area contributed by atoms with E-state index in [1.54, 1.807) is 32.3 Å². The molecular formula is C22H31N5O6S. The van der Waals surface area contributed by atoms with E-state index in [2.05, 4.69) is 5.43 Å². The van der Waals surface area contributed by atoms with Crippen LogP contribution in [-0.2, 0) is 22.6 Å². The molecular weight excluding hydrogens is 462 g/mol. The van der Waals surface area contributed by atoms with Gasteiger partial charge in [0.05, 0.1) is 24.6 Å². The molecule has 1 saturated carbocycles. The van der Waals surface area contributed by atoms with Gasteiger partial charge in [0.2, 0.25) is 0 Å². The second-order valence-corrected chi connectivity index (χ2v) is 10.9. The highest BCUT2D eigenvalue weighted by Crippen LogP contribution is 2.34. The summed E-state index contributed by atoms with van der Waals surface area (Å²) < 4.78 is 13.9. The minimum Gasteiger partial charge on any atom is -0.443 e. The van der Waals surface area contributed by atoms with Crippen molar-refractivity contribution in [2.75, 3.05) is 6.61 Å². The Bertz CT molecular complexity index is 1230. The standard InChI is InChI=1S/C22H31N5O6S/c1-12-15(11-26(19(23)29)24-20(30)33-22(2,3)4)34-18-16(12)17(28)27(13-7-8-13)21(31)25(18)10-14-6-5-9-32-14/h13-14H,5-11H2,1-4H3,(H2,23,29)(H,24,30). The molecule has 3 heterocycles. The molecule has 3 N–H and O–H groups in total. The quantitative estimate of drug-likeness (QED) is 0.614. The molecule has 4 rings (SSSR count). The summed E-state index contributed by atoms with van der Waals surface area (Å²) in [5, 5.41) is 1.39. The summed E-state index contributed by atoms with van der Waals surface area (Å²) in [5.74, 6) is 0. The topological polar surface area (TPSA) is 138 Å². The van der Waals surface area contributed by atoms with Crippen LogP contribution in [0.25, 0.3) is 10.2 Å². The van der Waals surface area contributed by atoms with E-state index < -0.39 is 17.7 Å². The van der Waals surface area contributed by atoms with Gasteiger partial charge in [-0.3, -0.25) is 13.9 Å². The first-order valence-corrected chi connectivity index (χ1v) is 12.2. The molecule has 2 aliphatic rings. The summed E-state index contributed by atoms with van der Waals surface area (Å²) in [4.78, 5) is 52.1. The van der Waals surface area contributed by atoms with Crippen LogP contribution in [0.5, 0.6) is 0 Å². The summed E-state index contributed by atoms with van der Waals surface area (Å²) in [6.45, 7) is 7.83. The molecule has 34 heavy (non-hydrogen) atoms. The number of nitrogens with one attached hydrogen (secondary N) is 1. The van der Waals surface area contributed by atoms with Gasteiger partial charge in [0.1, 0.15) is 10.4 Å². The first kappa shape index (κ1) is 24.3. The van der Waals surface area contributed by atoms with Gasteiger partial charge in [0.15, 0.2) is 0 Å². The molecule has 2 aromatic heterocycles. The zero-order valence-electron chi connectivity index (χ0n) is 19.9. The van der Waals surface area contributed by atoms with E-state index in [9.17, 15) is 19.2 Å². The predicted molar refractivity (Wildman–Crippen MR) is 127 cm³/mol. The van der Waals surface area contributed by atoms with Gasteiger partial charge in [0.25, 0.3) is 5.56 Å². The number of urea groups is 1. The van der Waals surface area contributed by atoms with Crippen molar-refractivity contribution < 1.29 is 19.1 Å². The van der Waals surface area contributed by atoms with Crippen LogP contribution in [0.1, 0.15) is 62.9 Å². The third kappa shape index (κ3) is 4.97. The molecule has 11 nitrogen and oxygen atoms in total. The van der Waals surface area contributed by atoms with Gasteiger partial charge in [-0.1, -0.05) is 0 Å². The zero-order chi connectivity index (χ0) is 24.8. The van der Waals surface area contributed by atoms with Crippen LogP contribution < -0.4 is 22.4 Å². The number of hydrogen-bond acceptors (Lipinski definition) is 7. The normalized spacial score (nSPS) is 18.3. The van der Waals surface area contributed by atoms with E-state index in [4.69, 9.17) is 15.2 Å². The van der Waals surface area contributed by atoms with Crippen molar-refractivity contribution in [3.05, 3.63) is 31.3 Å². The van der Waals surface area contributed by atoms with E-state index in [0.717, 1.165) is 30.7 Å². The maximum absolute atomic E-state index is 13.3. The Morgan fingerprint density at radius 3 is 2.53 bits per heavy atom. The number of carbonyl (C=O) groups is 2. The van der Waals surface area contributed by atoms with Crippen molar-refractivity contribution in [1.29, 1.82) is 0 Å². The number of thiophene rings is 1. The Kier molecular flexibility index (Phi) is 6.47. The fourth-order valence-electron chi connectivity index (χ4n) is 4.10. The summed E-state index contributed by atoms with van der Waals surface area (Å²) >= 11 is 1.24. The van der Waals surface area contributed by atoms with Crippen molar-refractivity contribution in [3.8, 4) is 0 Å². The maximum atomic E-state index is 13.3. The molecule has 1 saturated heterocycles. The van der Waals surface area contributed by atoms with Gasteiger partial charge in [-0.2, -0.15) is 0 Å². The first-order valence-electron chi connectivity index (χ1n) is 11.4. The van der Waals surface area contributed by atoms with Crippen molar-refractivity contribution in [2.45, 2.75) is 84.2 Å². The number of hydrogen-bond donors (Lipinski definition) is 2. The van der Waals surface area contributed by atoms with Gasteiger partial charge in [-0.05, 0) is 58.9 Å². The maximum Gasteiger partial charge on any atom is 0.426 e. The highest BCUT2D eigenvalue weighted by Gasteiger charge is 2.32. The lowest BCUT2D eigenvalue weighted by Gasteiger charge is -2.24. The van der Waals surface area contributed by atoms with Gasteiger partial charge >= 0.3 is 17.8 Å². The fourth-order valence-corrected chi connectivity index (χ4v) is 5.38. The smallest absolute Gasteiger partial charge is 0.426 e. The third-order valence-electron chi connectivity index (χ3n) is 5.86. The Hall–Kier alpha value is -2.86. The highest BCUT2D eigenvalue weighted by molar-refractivity contribution is 7.18. The van der Waals surface area contributed by atoms with Crippen LogP contribution in [0.4, 0.5) is 9.59 Å². The summed E-state index contributed by atoms with van der Waals surface area (Å²) in [5.41, 5.74) is 7.09. The predicted octanol–water partition coefficient (Wildman–Crippen LogP) is 2.37. The minimum absolute atomic E-state index is 0.0727. The van der Waals surface area contributed by atoms with E-state index in [1.165, 1.54) is 15.9 Å². The van der Waals surface area contributed by atoms with Crippen LogP contribution in [0.3, 0.4) is 0 Å². The number of primary amides is 1. The van der Waals surface area contributed by atoms with Crippen molar-refractivity contribution in [2.24, 2.45) is 5.73 Å². The van der Waals surface area contributed by atoms with Crippen LogP contribution in [0.2, 0.25) is 0 Å². The number of aryl methyl sites for hydroxylation is 1. The third-order valence-corrected chi connectivity index (χ3v) is 7.16. The molecule has 0 spiro atoms. The average Bonchev–Trinajstić information content (AvgIpc) is 3.30. The van der Waals surface area contributed by atoms with Gasteiger partial charge in [0, 0.05) is 17.5 Å². The molecule has 2 aromatic rings. The monoisotopic (exact) mass is 493 g/mol. The van der Waals surface area contributed by atoms with Crippen molar-refractivity contribution in [1.82, 2.24) is 19.6 Å². The SMILES string of the molecule is Cc1c(CN(NC(=O)OC(C)(C)C)C(N)=O)sc2c1c(=O)n(C1CC1)c(=O)n2CC1CCCO1. The zero-order valence-corrected chi connectivity index (χ0v) is 20.7. The molecule has 0 radical (unpaired) electrons. The van der Waals surface area contributed by atoms with E-state index in [0.29, 0.717) is 33.8 Å². The Morgan fingerprint density at radius 1 is 1.26 bits per heavy atom. The molecule has 3 amide bonds. The second-order valence-electron chi connectivity index (χ2n) is 9.80. The summed E-state index contributed by atoms with van der Waals surface area (Å²) in [6.07, 6.45) is 2.47. The lowest BCUT2D eigenvalue weighted by Crippen LogP contribution is -2.49. The second kappa shape index (κ2) is 9.06. The molecule has 1 unspecified atom stereocenters. The molecule has 1 aliphatic heterocycles. The van der Waals surface area contributed by atoms with E-state index in [-0.39, 0.29) is 29.9 Å². The van der Waals surface area contributed by atoms with Gasteiger partial charge < -0.3 is 15.2 Å². The Balaban J connectivity index is 1.73. The number of amides is 3. The largest absolute Gasteiger partial charge is 0.443 e. The molecule has 1 atom stereocenters. The number of hydrazine groups is 1. The molecule has 186 valence electrons. The number of nitrogens with zero attached hydrogens (tertiary/aromatic N) is 3. The first-order chi connectivity index (χ1) is 16.0. The number of rotatable bonds is 5. The van der Waals surface area contributed by atoms with Crippen LogP contribution in [-0.4, -0.2) is 44.6 Å². The van der Waals surface area contributed by atoms with Crippen LogP contribution in [0, 0.1) is 6.92 Å². The van der Waals surface area contributed by atoms with E-state index >= 15 is 0 Å². The van der Waals surface area contributed by atoms with E-state index in [1.807, 2.05) is 0 Å². The fraction of sp³-hybridized carbons (Fsp3) is 0.636. The minimum atomic E-state index is -0.880. The van der Waals surface area contributed by atoms with Gasteiger partial charge in [-0.15, -0.1) is 11.3 Å². The van der Waals surface area contributed by atoms with Gasteiger partial charge in [-0.25, -0.2) is 24.8 Å². The Morgan fingerprint density at radius 2 is 1.97 bits per heavy atom. The lowest BCUT2D eigenvalue weighted by atomic mass is 10.2. The lowest BCUT2D eigenvalue weighted by molar-refractivity contribution is 0.0376. The molecule has 2 fully saturated rings. The molecule has 1 aliphatic carbocycles. The van der Waals surface area contributed by atoms with Crippen LogP contribution >= 0.6 is 11.3 Å².